The van der Waals surface area contributed by atoms with Gasteiger partial charge in [-0.05, 0) is 42.5 Å². The molecular formula is C28H29NO. The Hall–Kier alpha value is -2.86. The van der Waals surface area contributed by atoms with Gasteiger partial charge in [0.1, 0.15) is 5.60 Å². The van der Waals surface area contributed by atoms with Crippen molar-refractivity contribution in [1.82, 2.24) is 4.90 Å². The molecule has 0 aromatic heterocycles. The summed E-state index contributed by atoms with van der Waals surface area (Å²) >= 11 is 0. The number of hydrogen-bond acceptors (Lipinski definition) is 2. The van der Waals surface area contributed by atoms with Gasteiger partial charge < -0.3 is 5.11 Å². The van der Waals surface area contributed by atoms with Gasteiger partial charge in [-0.25, -0.2) is 0 Å². The van der Waals surface area contributed by atoms with Gasteiger partial charge in [0.25, 0.3) is 0 Å². The number of aliphatic hydroxyl groups is 1. The van der Waals surface area contributed by atoms with Crippen LogP contribution in [0.3, 0.4) is 0 Å². The molecule has 0 aliphatic heterocycles. The summed E-state index contributed by atoms with van der Waals surface area (Å²) in [4.78, 5) is 2.42. The molecular weight excluding hydrogens is 366 g/mol. The summed E-state index contributed by atoms with van der Waals surface area (Å²) in [6.07, 6.45) is 3.82. The van der Waals surface area contributed by atoms with Gasteiger partial charge in [-0.1, -0.05) is 97.1 Å². The molecule has 0 bridgehead atoms. The predicted octanol–water partition coefficient (Wildman–Crippen LogP) is 5.41. The Kier molecular flexibility index (Phi) is 6.64. The molecule has 0 amide bonds. The molecule has 0 heterocycles. The Morgan fingerprint density at radius 1 is 0.767 bits per heavy atom. The van der Waals surface area contributed by atoms with E-state index in [0.29, 0.717) is 0 Å². The quantitative estimate of drug-likeness (QED) is 0.584. The zero-order chi connectivity index (χ0) is 20.7. The lowest BCUT2D eigenvalue weighted by molar-refractivity contribution is -0.0379. The first-order chi connectivity index (χ1) is 14.7. The van der Waals surface area contributed by atoms with Crippen molar-refractivity contribution in [1.29, 1.82) is 0 Å². The van der Waals surface area contributed by atoms with Crippen LogP contribution in [0.2, 0.25) is 0 Å². The van der Waals surface area contributed by atoms with E-state index >= 15 is 0 Å². The van der Waals surface area contributed by atoms with Crippen molar-refractivity contribution in [3.63, 3.8) is 0 Å². The second-order valence-corrected chi connectivity index (χ2v) is 8.18. The van der Waals surface area contributed by atoms with Crippen LogP contribution in [0.15, 0.2) is 91.0 Å². The van der Waals surface area contributed by atoms with Crippen molar-refractivity contribution in [3.8, 4) is 11.8 Å². The number of nitrogens with zero attached hydrogens (tertiary/aromatic N) is 1. The van der Waals surface area contributed by atoms with Gasteiger partial charge in [-0.15, -0.1) is 0 Å². The zero-order valence-electron chi connectivity index (χ0n) is 17.4. The second-order valence-electron chi connectivity index (χ2n) is 8.18. The summed E-state index contributed by atoms with van der Waals surface area (Å²) in [7, 11) is 0. The topological polar surface area (TPSA) is 23.5 Å². The highest BCUT2D eigenvalue weighted by molar-refractivity contribution is 5.37. The third kappa shape index (κ3) is 5.19. The van der Waals surface area contributed by atoms with Crippen molar-refractivity contribution >= 4 is 0 Å². The lowest BCUT2D eigenvalue weighted by atomic mass is 9.79. The fourth-order valence-electron chi connectivity index (χ4n) is 4.38. The summed E-state index contributed by atoms with van der Waals surface area (Å²) < 4.78 is 0. The lowest BCUT2D eigenvalue weighted by Crippen LogP contribution is -2.53. The standard InChI is InChI=1S/C28H29NO/c30-28(21-19-24-12-4-1-5-13-24)20-11-10-18-27(28)29(22-25-14-6-2-7-15-25)23-26-16-8-3-9-17-26/h1-9,12-17,27,30H,10-11,18,20,22-23H2/t27-,28+/m0/s1. The Morgan fingerprint density at radius 2 is 1.30 bits per heavy atom. The minimum atomic E-state index is -1.00. The fourth-order valence-corrected chi connectivity index (χ4v) is 4.38. The van der Waals surface area contributed by atoms with E-state index in [9.17, 15) is 5.11 Å². The summed E-state index contributed by atoms with van der Waals surface area (Å²) in [5, 5.41) is 11.7. The molecule has 0 unspecified atom stereocenters. The van der Waals surface area contributed by atoms with Crippen molar-refractivity contribution < 1.29 is 5.11 Å². The second kappa shape index (κ2) is 9.76. The van der Waals surface area contributed by atoms with Gasteiger partial charge in [0, 0.05) is 18.7 Å². The van der Waals surface area contributed by atoms with Gasteiger partial charge in [-0.3, -0.25) is 4.90 Å². The van der Waals surface area contributed by atoms with Gasteiger partial charge >= 0.3 is 0 Å². The first-order valence-corrected chi connectivity index (χ1v) is 10.9. The maximum Gasteiger partial charge on any atom is 0.141 e. The molecule has 0 radical (unpaired) electrons. The van der Waals surface area contributed by atoms with Crippen molar-refractivity contribution in [2.24, 2.45) is 0 Å². The number of benzene rings is 3. The maximum absolute atomic E-state index is 11.7. The van der Waals surface area contributed by atoms with Crippen LogP contribution in [0, 0.1) is 11.8 Å². The maximum atomic E-state index is 11.7. The highest BCUT2D eigenvalue weighted by atomic mass is 16.3. The molecule has 30 heavy (non-hydrogen) atoms. The van der Waals surface area contributed by atoms with E-state index in [1.165, 1.54) is 11.1 Å². The molecule has 3 aromatic rings. The van der Waals surface area contributed by atoms with Crippen LogP contribution >= 0.6 is 0 Å². The molecule has 1 aliphatic carbocycles. The molecule has 3 aromatic carbocycles. The molecule has 1 saturated carbocycles. The first kappa shape index (κ1) is 20.4. The predicted molar refractivity (Wildman–Crippen MR) is 123 cm³/mol. The zero-order valence-corrected chi connectivity index (χ0v) is 17.4. The fraction of sp³-hybridized carbons (Fsp3) is 0.286. The van der Waals surface area contributed by atoms with Gasteiger partial charge in [0.05, 0.1) is 6.04 Å². The third-order valence-electron chi connectivity index (χ3n) is 5.93. The van der Waals surface area contributed by atoms with Crippen LogP contribution in [-0.4, -0.2) is 21.6 Å². The normalized spacial score (nSPS) is 21.1. The first-order valence-electron chi connectivity index (χ1n) is 10.9. The third-order valence-corrected chi connectivity index (χ3v) is 5.93. The average molecular weight is 396 g/mol. The molecule has 4 rings (SSSR count). The van der Waals surface area contributed by atoms with E-state index < -0.39 is 5.60 Å². The summed E-state index contributed by atoms with van der Waals surface area (Å²) in [6, 6.07) is 31.0. The van der Waals surface area contributed by atoms with Crippen molar-refractivity contribution in [3.05, 3.63) is 108 Å². The molecule has 0 spiro atoms. The minimum absolute atomic E-state index is 0.00266. The SMILES string of the molecule is O[C@@]1(C#Cc2ccccc2)CCCC[C@@H]1N(Cc1ccccc1)Cc1ccccc1. The van der Waals surface area contributed by atoms with Crippen LogP contribution in [0.5, 0.6) is 0 Å². The summed E-state index contributed by atoms with van der Waals surface area (Å²) in [6.45, 7) is 1.60. The molecule has 152 valence electrons. The lowest BCUT2D eigenvalue weighted by Gasteiger charge is -2.43. The van der Waals surface area contributed by atoms with Crippen molar-refractivity contribution in [2.45, 2.75) is 50.4 Å². The molecule has 0 saturated heterocycles. The molecule has 2 atom stereocenters. The Morgan fingerprint density at radius 3 is 1.87 bits per heavy atom. The largest absolute Gasteiger partial charge is 0.376 e. The number of rotatable bonds is 5. The Labute approximate surface area is 180 Å². The monoisotopic (exact) mass is 395 g/mol. The minimum Gasteiger partial charge on any atom is -0.376 e. The summed E-state index contributed by atoms with van der Waals surface area (Å²) in [5.41, 5.74) is 2.47. The highest BCUT2D eigenvalue weighted by Gasteiger charge is 2.41. The van der Waals surface area contributed by atoms with Crippen LogP contribution in [0.4, 0.5) is 0 Å². The summed E-state index contributed by atoms with van der Waals surface area (Å²) in [5.74, 6) is 6.52. The van der Waals surface area contributed by atoms with Gasteiger partial charge in [0.15, 0.2) is 0 Å². The van der Waals surface area contributed by atoms with Gasteiger partial charge in [0.2, 0.25) is 0 Å². The molecule has 1 aliphatic rings. The number of hydrogen-bond donors (Lipinski definition) is 1. The van der Waals surface area contributed by atoms with Crippen LogP contribution in [0.25, 0.3) is 0 Å². The average Bonchev–Trinajstić information content (AvgIpc) is 2.80. The van der Waals surface area contributed by atoms with E-state index in [-0.39, 0.29) is 6.04 Å². The smallest absolute Gasteiger partial charge is 0.141 e. The molecule has 2 heteroatoms. The molecule has 1 fully saturated rings. The van der Waals surface area contributed by atoms with Crippen molar-refractivity contribution in [2.75, 3.05) is 0 Å². The van der Waals surface area contributed by atoms with Crippen LogP contribution in [-0.2, 0) is 13.1 Å². The van der Waals surface area contributed by atoms with E-state index in [1.54, 1.807) is 0 Å². The van der Waals surface area contributed by atoms with E-state index in [1.807, 2.05) is 42.5 Å². The Bertz CT molecular complexity index is 933. The van der Waals surface area contributed by atoms with Crippen LogP contribution < -0.4 is 0 Å². The van der Waals surface area contributed by atoms with Gasteiger partial charge in [-0.2, -0.15) is 0 Å². The molecule has 1 N–H and O–H groups in total. The van der Waals surface area contributed by atoms with E-state index in [0.717, 1.165) is 44.3 Å². The van der Waals surface area contributed by atoms with E-state index in [4.69, 9.17) is 0 Å². The highest BCUT2D eigenvalue weighted by Crippen LogP contribution is 2.34. The van der Waals surface area contributed by atoms with Crippen LogP contribution in [0.1, 0.15) is 42.4 Å². The Balaban J connectivity index is 1.64. The van der Waals surface area contributed by atoms with E-state index in [2.05, 4.69) is 65.3 Å². The molecule has 2 nitrogen and oxygen atoms in total.